The molecule has 0 saturated carbocycles. The van der Waals surface area contributed by atoms with Crippen molar-refractivity contribution < 1.29 is 36.0 Å². The van der Waals surface area contributed by atoms with E-state index in [1.165, 1.54) is 0 Å². The highest BCUT2D eigenvalue weighted by atomic mass is 32.2. The smallest absolute Gasteiger partial charge is 0.481 e. The van der Waals surface area contributed by atoms with Crippen LogP contribution in [0.5, 0.6) is 11.6 Å². The van der Waals surface area contributed by atoms with Crippen LogP contribution in [-0.2, 0) is 10.0 Å². The van der Waals surface area contributed by atoms with E-state index in [9.17, 15) is 31.7 Å². The number of pyridine rings is 1. The first-order valence-electron chi connectivity index (χ1n) is 4.47. The van der Waals surface area contributed by atoms with E-state index < -0.39 is 43.7 Å². The van der Waals surface area contributed by atoms with Gasteiger partial charge in [-0.25, -0.2) is 13.6 Å². The largest absolute Gasteiger partial charge is 0.573 e. The number of nitrogens with two attached hydrogens (primary N) is 1. The molecule has 112 valence electrons. The van der Waals surface area contributed by atoms with Gasteiger partial charge in [-0.05, 0) is 0 Å². The third kappa shape index (κ3) is 3.67. The summed E-state index contributed by atoms with van der Waals surface area (Å²) < 4.78 is 66.7. The Hall–Kier alpha value is -2.15. The predicted molar refractivity (Wildman–Crippen MR) is 55.5 cm³/mol. The fourth-order valence-corrected chi connectivity index (χ4v) is 1.74. The molecule has 20 heavy (non-hydrogen) atoms. The molecule has 0 unspecified atom stereocenters. The Morgan fingerprint density at radius 2 is 2.00 bits per heavy atom. The van der Waals surface area contributed by atoms with Gasteiger partial charge in [-0.3, -0.25) is 10.1 Å². The van der Waals surface area contributed by atoms with E-state index in [0.717, 1.165) is 7.11 Å². The van der Waals surface area contributed by atoms with Gasteiger partial charge in [0.2, 0.25) is 16.7 Å². The molecule has 0 spiro atoms. The molecule has 1 rings (SSSR count). The second-order valence-corrected chi connectivity index (χ2v) is 4.64. The summed E-state index contributed by atoms with van der Waals surface area (Å²) in [6.07, 6.45) is -5.37. The Kier molecular flexibility index (Phi) is 4.04. The maximum absolute atomic E-state index is 12.2. The van der Waals surface area contributed by atoms with Gasteiger partial charge >= 0.3 is 12.0 Å². The lowest BCUT2D eigenvalue weighted by atomic mass is 10.4. The van der Waals surface area contributed by atoms with Crippen molar-refractivity contribution in [2.24, 2.45) is 5.14 Å². The number of alkyl halides is 3. The second kappa shape index (κ2) is 5.09. The van der Waals surface area contributed by atoms with E-state index in [1.807, 2.05) is 0 Å². The Morgan fingerprint density at radius 1 is 1.45 bits per heavy atom. The van der Waals surface area contributed by atoms with Crippen LogP contribution in [0.3, 0.4) is 0 Å². The zero-order valence-corrected chi connectivity index (χ0v) is 10.4. The number of hydrogen-bond acceptors (Lipinski definition) is 7. The average Bonchev–Trinajstić information content (AvgIpc) is 2.25. The maximum atomic E-state index is 12.2. The molecular formula is C7H6F3N3O6S. The van der Waals surface area contributed by atoms with Crippen LogP contribution < -0.4 is 14.6 Å². The predicted octanol–water partition coefficient (Wildman–Crippen LogP) is 0.544. The Labute approximate surface area is 109 Å². The van der Waals surface area contributed by atoms with E-state index in [4.69, 9.17) is 0 Å². The van der Waals surface area contributed by atoms with Gasteiger partial charge in [0.1, 0.15) is 0 Å². The molecule has 0 atom stereocenters. The van der Waals surface area contributed by atoms with E-state index in [-0.39, 0.29) is 0 Å². The second-order valence-electron chi connectivity index (χ2n) is 3.17. The summed E-state index contributed by atoms with van der Waals surface area (Å²) in [6.45, 7) is 0. The summed E-state index contributed by atoms with van der Waals surface area (Å²) in [7, 11) is -3.84. The molecule has 9 nitrogen and oxygen atoms in total. The quantitative estimate of drug-likeness (QED) is 0.632. The maximum Gasteiger partial charge on any atom is 0.573 e. The number of primary sulfonamides is 1. The number of rotatable bonds is 4. The Morgan fingerprint density at radius 3 is 2.35 bits per heavy atom. The van der Waals surface area contributed by atoms with Gasteiger partial charge < -0.3 is 9.47 Å². The van der Waals surface area contributed by atoms with Crippen molar-refractivity contribution in [2.75, 3.05) is 7.11 Å². The third-order valence-electron chi connectivity index (χ3n) is 1.79. The molecule has 1 aromatic rings. The van der Waals surface area contributed by atoms with Crippen LogP contribution in [0.15, 0.2) is 11.1 Å². The van der Waals surface area contributed by atoms with Crippen LogP contribution in [0.4, 0.5) is 18.9 Å². The number of sulfonamides is 1. The monoisotopic (exact) mass is 317 g/mol. The zero-order chi connectivity index (χ0) is 15.7. The molecule has 1 heterocycles. The lowest BCUT2D eigenvalue weighted by molar-refractivity contribution is -0.389. The fraction of sp³-hybridized carbons (Fsp3) is 0.286. The third-order valence-corrected chi connectivity index (χ3v) is 2.61. The van der Waals surface area contributed by atoms with Crippen LogP contribution in [0.1, 0.15) is 0 Å². The Bertz CT molecular complexity index is 644. The van der Waals surface area contributed by atoms with Gasteiger partial charge in [-0.1, -0.05) is 0 Å². The molecule has 0 aliphatic heterocycles. The molecule has 1 aromatic heterocycles. The lowest BCUT2D eigenvalue weighted by Gasteiger charge is -2.12. The van der Waals surface area contributed by atoms with Crippen LogP contribution in [0.25, 0.3) is 0 Å². The van der Waals surface area contributed by atoms with Crippen LogP contribution in [0, 0.1) is 10.1 Å². The van der Waals surface area contributed by atoms with Gasteiger partial charge in [0.15, 0.2) is 0 Å². The highest BCUT2D eigenvalue weighted by Gasteiger charge is 2.39. The zero-order valence-electron chi connectivity index (χ0n) is 9.54. The standard InChI is InChI=1S/C7H6F3N3O6S/c1-18-4-2-3(13(14)15)5(19-7(8,9)10)6(12-4)20(11,16)17/h2H,1H3,(H2,11,16,17). The summed E-state index contributed by atoms with van der Waals surface area (Å²) in [5.74, 6) is -2.25. The first kappa shape index (κ1) is 15.9. The minimum absolute atomic E-state index is 0.468. The van der Waals surface area contributed by atoms with Gasteiger partial charge in [0.25, 0.3) is 10.0 Å². The summed E-state index contributed by atoms with van der Waals surface area (Å²) >= 11 is 0. The molecule has 0 saturated heterocycles. The van der Waals surface area contributed by atoms with Crippen molar-refractivity contribution in [1.29, 1.82) is 0 Å². The van der Waals surface area contributed by atoms with E-state index >= 15 is 0 Å². The molecule has 2 N–H and O–H groups in total. The first-order chi connectivity index (χ1) is 8.95. The Balaban J connectivity index is 3.70. The van der Waals surface area contributed by atoms with Crippen LogP contribution >= 0.6 is 0 Å². The van der Waals surface area contributed by atoms with Crippen molar-refractivity contribution in [1.82, 2.24) is 4.98 Å². The number of aromatic nitrogens is 1. The van der Waals surface area contributed by atoms with Crippen LogP contribution in [-0.4, -0.2) is 31.8 Å². The number of halogens is 3. The normalized spacial score (nSPS) is 12.1. The first-order valence-corrected chi connectivity index (χ1v) is 6.02. The van der Waals surface area contributed by atoms with Crippen molar-refractivity contribution in [2.45, 2.75) is 11.4 Å². The van der Waals surface area contributed by atoms with Gasteiger partial charge in [0, 0.05) is 0 Å². The molecular weight excluding hydrogens is 311 g/mol. The summed E-state index contributed by atoms with van der Waals surface area (Å²) in [5.41, 5.74) is -1.31. The molecule has 0 aromatic carbocycles. The van der Waals surface area contributed by atoms with Gasteiger partial charge in [-0.15, -0.1) is 13.2 Å². The molecule has 0 aliphatic carbocycles. The van der Waals surface area contributed by atoms with Crippen molar-refractivity contribution in [3.05, 3.63) is 16.2 Å². The molecule has 0 fully saturated rings. The van der Waals surface area contributed by atoms with Crippen molar-refractivity contribution in [3.63, 3.8) is 0 Å². The lowest BCUT2D eigenvalue weighted by Crippen LogP contribution is -2.23. The minimum Gasteiger partial charge on any atom is -0.481 e. The number of nitrogens with zero attached hydrogens (tertiary/aromatic N) is 2. The van der Waals surface area contributed by atoms with Gasteiger partial charge in [0.05, 0.1) is 18.1 Å². The molecule has 0 aliphatic rings. The van der Waals surface area contributed by atoms with Crippen molar-refractivity contribution >= 4 is 15.7 Å². The van der Waals surface area contributed by atoms with Crippen LogP contribution in [0.2, 0.25) is 0 Å². The molecule has 0 amide bonds. The molecule has 0 radical (unpaired) electrons. The summed E-state index contributed by atoms with van der Waals surface area (Å²) in [5, 5.41) is 13.9. The number of ether oxygens (including phenoxy) is 2. The number of hydrogen-bond donors (Lipinski definition) is 1. The van der Waals surface area contributed by atoms with E-state index in [1.54, 1.807) is 0 Å². The fourth-order valence-electron chi connectivity index (χ4n) is 1.12. The van der Waals surface area contributed by atoms with Crippen molar-refractivity contribution in [3.8, 4) is 11.6 Å². The highest BCUT2D eigenvalue weighted by Crippen LogP contribution is 2.38. The number of methoxy groups -OCH3 is 1. The average molecular weight is 317 g/mol. The SMILES string of the molecule is COc1cc([N+](=O)[O-])c(OC(F)(F)F)c(S(N)(=O)=O)n1. The minimum atomic E-state index is -5.37. The summed E-state index contributed by atoms with van der Waals surface area (Å²) in [4.78, 5) is 12.5. The molecule has 13 heteroatoms. The van der Waals surface area contributed by atoms with E-state index in [0.29, 0.717) is 6.07 Å². The topological polar surface area (TPSA) is 135 Å². The van der Waals surface area contributed by atoms with Gasteiger partial charge in [-0.2, -0.15) is 4.98 Å². The number of nitro groups is 1. The summed E-state index contributed by atoms with van der Waals surface area (Å²) in [6, 6.07) is 0.468. The molecule has 0 bridgehead atoms. The van der Waals surface area contributed by atoms with E-state index in [2.05, 4.69) is 19.6 Å². The highest BCUT2D eigenvalue weighted by molar-refractivity contribution is 7.89.